The van der Waals surface area contributed by atoms with E-state index in [1.165, 1.54) is 6.42 Å². The molecule has 0 amide bonds. The molecule has 4 rings (SSSR count). The van der Waals surface area contributed by atoms with Gasteiger partial charge in [0.1, 0.15) is 5.82 Å². The predicted molar refractivity (Wildman–Crippen MR) is 104 cm³/mol. The molecular weight excluding hydrogens is 342 g/mol. The van der Waals surface area contributed by atoms with Crippen molar-refractivity contribution in [2.45, 2.75) is 32.1 Å². The number of nitrogens with two attached hydrogens (primary N) is 1. The number of hydrogen-bond acceptors (Lipinski definition) is 7. The number of piperidine rings is 1. The molecule has 0 unspecified atom stereocenters. The molecule has 4 heterocycles. The Morgan fingerprint density at radius 3 is 2.48 bits per heavy atom. The lowest BCUT2D eigenvalue weighted by atomic mass is 9.90. The van der Waals surface area contributed by atoms with Crippen LogP contribution in [0.4, 0.5) is 11.8 Å². The smallest absolute Gasteiger partial charge is 0.219 e. The Balaban J connectivity index is 1.71. The molecule has 2 N–H and O–H groups in total. The number of hydrogen-bond donors (Lipinski definition) is 1. The average molecular weight is 367 g/mol. The van der Waals surface area contributed by atoms with Gasteiger partial charge < -0.3 is 15.4 Å². The zero-order chi connectivity index (χ0) is 18.6. The van der Waals surface area contributed by atoms with Gasteiger partial charge in [0, 0.05) is 55.7 Å². The van der Waals surface area contributed by atoms with Gasteiger partial charge in [-0.15, -0.1) is 0 Å². The minimum atomic E-state index is 0.0193. The summed E-state index contributed by atoms with van der Waals surface area (Å²) in [6.45, 7) is 3.25. The highest BCUT2D eigenvalue weighted by Crippen LogP contribution is 2.28. The molecule has 2 fully saturated rings. The van der Waals surface area contributed by atoms with E-state index in [1.807, 2.05) is 12.1 Å². The number of anilines is 2. The van der Waals surface area contributed by atoms with Crippen LogP contribution in [0.25, 0.3) is 11.3 Å². The second kappa shape index (κ2) is 8.00. The van der Waals surface area contributed by atoms with Gasteiger partial charge in [-0.05, 0) is 44.2 Å². The molecule has 2 aromatic heterocycles. The highest BCUT2D eigenvalue weighted by Gasteiger charge is 2.25. The van der Waals surface area contributed by atoms with E-state index in [0.717, 1.165) is 50.2 Å². The van der Waals surface area contributed by atoms with Gasteiger partial charge in [0.2, 0.25) is 5.95 Å². The van der Waals surface area contributed by atoms with E-state index in [1.54, 1.807) is 12.4 Å². The molecule has 142 valence electrons. The highest BCUT2D eigenvalue weighted by atomic mass is 16.5. The lowest BCUT2D eigenvalue weighted by Crippen LogP contribution is -2.30. The van der Waals surface area contributed by atoms with Crippen molar-refractivity contribution in [3.63, 3.8) is 0 Å². The largest absolute Gasteiger partial charge is 0.381 e. The molecule has 2 aliphatic rings. The molecule has 7 heteroatoms. The van der Waals surface area contributed by atoms with Crippen molar-refractivity contribution in [3.05, 3.63) is 30.1 Å². The third kappa shape index (κ3) is 4.08. The van der Waals surface area contributed by atoms with Crippen LogP contribution < -0.4 is 10.6 Å². The van der Waals surface area contributed by atoms with Crippen LogP contribution in [-0.2, 0) is 4.74 Å². The molecule has 2 aliphatic heterocycles. The van der Waals surface area contributed by atoms with Gasteiger partial charge in [-0.1, -0.05) is 0 Å². The third-order valence-electron chi connectivity index (χ3n) is 5.34. The Bertz CT molecular complexity index is 797. The number of nitrogens with zero attached hydrogens (tertiary/aromatic N) is 4. The number of carbonyl (C=O) groups excluding carboxylic acids is 1. The standard InChI is InChI=1S/C20H25N5O2/c21-20-22-12-16(13-23-20)17-10-15(19(26)14-4-8-27-9-5-14)11-18(24-17)25-6-2-1-3-7-25/h10-14H,1-9H2,(H2,21,22,23). The maximum atomic E-state index is 13.1. The molecule has 2 saturated heterocycles. The van der Waals surface area contributed by atoms with E-state index < -0.39 is 0 Å². The summed E-state index contributed by atoms with van der Waals surface area (Å²) in [5.41, 5.74) is 7.81. The van der Waals surface area contributed by atoms with Crippen molar-refractivity contribution in [3.8, 4) is 11.3 Å². The lowest BCUT2D eigenvalue weighted by molar-refractivity contribution is 0.0545. The summed E-state index contributed by atoms with van der Waals surface area (Å²) in [4.78, 5) is 28.3. The Kier molecular flexibility index (Phi) is 5.29. The Morgan fingerprint density at radius 1 is 1.07 bits per heavy atom. The number of carbonyl (C=O) groups is 1. The Morgan fingerprint density at radius 2 is 1.78 bits per heavy atom. The van der Waals surface area contributed by atoms with Crippen LogP contribution in [0.3, 0.4) is 0 Å². The van der Waals surface area contributed by atoms with Gasteiger partial charge >= 0.3 is 0 Å². The summed E-state index contributed by atoms with van der Waals surface area (Å²) in [6.07, 6.45) is 8.43. The number of ether oxygens (including phenoxy) is 1. The first-order chi connectivity index (χ1) is 13.2. The molecular formula is C20H25N5O2. The van der Waals surface area contributed by atoms with E-state index >= 15 is 0 Å². The molecule has 0 radical (unpaired) electrons. The summed E-state index contributed by atoms with van der Waals surface area (Å²) in [5, 5.41) is 0. The normalized spacial score (nSPS) is 18.4. The van der Waals surface area contributed by atoms with Crippen molar-refractivity contribution < 1.29 is 9.53 Å². The molecule has 0 atom stereocenters. The second-order valence-corrected chi connectivity index (χ2v) is 7.23. The summed E-state index contributed by atoms with van der Waals surface area (Å²) in [7, 11) is 0. The van der Waals surface area contributed by atoms with Crippen molar-refractivity contribution in [2.75, 3.05) is 36.9 Å². The number of rotatable bonds is 4. The molecule has 0 bridgehead atoms. The highest BCUT2D eigenvalue weighted by molar-refractivity contribution is 5.99. The van der Waals surface area contributed by atoms with Crippen LogP contribution in [0.1, 0.15) is 42.5 Å². The quantitative estimate of drug-likeness (QED) is 0.830. The monoisotopic (exact) mass is 367 g/mol. The molecule has 0 saturated carbocycles. The molecule has 0 aromatic carbocycles. The number of pyridine rings is 1. The number of ketones is 1. The fraction of sp³-hybridized carbons (Fsp3) is 0.500. The first-order valence-electron chi connectivity index (χ1n) is 9.67. The van der Waals surface area contributed by atoms with E-state index in [2.05, 4.69) is 14.9 Å². The van der Waals surface area contributed by atoms with E-state index in [0.29, 0.717) is 24.5 Å². The van der Waals surface area contributed by atoms with Gasteiger partial charge in [0.05, 0.1) is 5.69 Å². The molecule has 2 aromatic rings. The lowest BCUT2D eigenvalue weighted by Gasteiger charge is -2.29. The molecule has 0 spiro atoms. The van der Waals surface area contributed by atoms with Crippen LogP contribution >= 0.6 is 0 Å². The van der Waals surface area contributed by atoms with Gasteiger partial charge in [0.15, 0.2) is 5.78 Å². The van der Waals surface area contributed by atoms with Gasteiger partial charge in [-0.25, -0.2) is 15.0 Å². The zero-order valence-corrected chi connectivity index (χ0v) is 15.4. The Hall–Kier alpha value is -2.54. The summed E-state index contributed by atoms with van der Waals surface area (Å²) >= 11 is 0. The van der Waals surface area contributed by atoms with Crippen LogP contribution in [0.5, 0.6) is 0 Å². The SMILES string of the molecule is Nc1ncc(-c2cc(C(=O)C3CCOCC3)cc(N3CCCCC3)n2)cn1. The summed E-state index contributed by atoms with van der Waals surface area (Å²) < 4.78 is 5.41. The van der Waals surface area contributed by atoms with Crippen LogP contribution in [0, 0.1) is 5.92 Å². The molecule has 7 nitrogen and oxygen atoms in total. The van der Waals surface area contributed by atoms with Crippen molar-refractivity contribution in [2.24, 2.45) is 5.92 Å². The van der Waals surface area contributed by atoms with Crippen molar-refractivity contribution in [1.29, 1.82) is 0 Å². The van der Waals surface area contributed by atoms with E-state index in [-0.39, 0.29) is 17.6 Å². The van der Waals surface area contributed by atoms with E-state index in [9.17, 15) is 4.79 Å². The topological polar surface area (TPSA) is 94.2 Å². The maximum absolute atomic E-state index is 13.1. The Labute approximate surface area is 159 Å². The fourth-order valence-electron chi connectivity index (χ4n) is 3.76. The number of Topliss-reactive ketones (excluding diaryl/α,β-unsaturated/α-hetero) is 1. The maximum Gasteiger partial charge on any atom is 0.219 e. The predicted octanol–water partition coefficient (Wildman–Crippen LogP) is 2.72. The van der Waals surface area contributed by atoms with Crippen LogP contribution in [-0.4, -0.2) is 47.0 Å². The zero-order valence-electron chi connectivity index (χ0n) is 15.4. The van der Waals surface area contributed by atoms with Crippen LogP contribution in [0.2, 0.25) is 0 Å². The first kappa shape index (κ1) is 17.9. The van der Waals surface area contributed by atoms with Crippen molar-refractivity contribution >= 4 is 17.5 Å². The average Bonchev–Trinajstić information content (AvgIpc) is 2.74. The van der Waals surface area contributed by atoms with Crippen molar-refractivity contribution in [1.82, 2.24) is 15.0 Å². The van der Waals surface area contributed by atoms with Crippen LogP contribution in [0.15, 0.2) is 24.5 Å². The third-order valence-corrected chi connectivity index (χ3v) is 5.34. The first-order valence-corrected chi connectivity index (χ1v) is 9.67. The second-order valence-electron chi connectivity index (χ2n) is 7.23. The molecule has 27 heavy (non-hydrogen) atoms. The summed E-state index contributed by atoms with van der Waals surface area (Å²) in [5.74, 6) is 1.28. The van der Waals surface area contributed by atoms with Gasteiger partial charge in [0.25, 0.3) is 0 Å². The van der Waals surface area contributed by atoms with Gasteiger partial charge in [-0.3, -0.25) is 4.79 Å². The number of nitrogen functional groups attached to an aromatic ring is 1. The fourth-order valence-corrected chi connectivity index (χ4v) is 3.76. The van der Waals surface area contributed by atoms with Gasteiger partial charge in [-0.2, -0.15) is 0 Å². The summed E-state index contributed by atoms with van der Waals surface area (Å²) in [6, 6.07) is 3.81. The minimum Gasteiger partial charge on any atom is -0.381 e. The number of aromatic nitrogens is 3. The van der Waals surface area contributed by atoms with E-state index in [4.69, 9.17) is 15.5 Å². The molecule has 0 aliphatic carbocycles. The minimum absolute atomic E-state index is 0.0193.